The van der Waals surface area contributed by atoms with E-state index in [2.05, 4.69) is 0 Å². The molecule has 0 saturated carbocycles. The molecule has 0 saturated heterocycles. The molecule has 0 aliphatic heterocycles. The Balaban J connectivity index is 3.63. The molecule has 0 rings (SSSR count). The fourth-order valence-electron chi connectivity index (χ4n) is 0.0408. The number of amides is 1. The number of rotatable bonds is 0. The van der Waals surface area contributed by atoms with Gasteiger partial charge in [-0.05, 0) is 0 Å². The maximum Gasteiger partial charge on any atom is 0.184 e. The number of carboxylic acid groups (broad SMARTS) is 1. The summed E-state index contributed by atoms with van der Waals surface area (Å²) in [6.45, 7) is 0. The molecular formula is C3H3N2O2-. The van der Waals surface area contributed by atoms with Crippen molar-refractivity contribution in [2.45, 2.75) is 0 Å². The smallest absolute Gasteiger partial charge is 0.184 e. The lowest BCUT2D eigenvalue weighted by molar-refractivity contribution is -0.260. The highest BCUT2D eigenvalue weighted by molar-refractivity contribution is 5.63. The van der Waals surface area contributed by atoms with Crippen molar-refractivity contribution < 1.29 is 9.90 Å². The zero-order chi connectivity index (χ0) is 5.86. The van der Waals surface area contributed by atoms with Gasteiger partial charge in [0.05, 0.1) is 0 Å². The van der Waals surface area contributed by atoms with E-state index >= 15 is 0 Å². The molecule has 0 radical (unpaired) electrons. The molecule has 0 fully saturated rings. The zero-order valence-electron chi connectivity index (χ0n) is 3.71. The Morgan fingerprint density at radius 2 is 2.43 bits per heavy atom. The largest absolute Gasteiger partial charge is 0.529 e. The van der Waals surface area contributed by atoms with Crippen molar-refractivity contribution >= 4 is 6.09 Å². The second-order valence-corrected chi connectivity index (χ2v) is 0.925. The van der Waals surface area contributed by atoms with Crippen molar-refractivity contribution in [2.75, 3.05) is 7.05 Å². The van der Waals surface area contributed by atoms with E-state index in [-0.39, 0.29) is 0 Å². The van der Waals surface area contributed by atoms with Crippen LogP contribution in [0.25, 0.3) is 0 Å². The van der Waals surface area contributed by atoms with Crippen LogP contribution in [0.5, 0.6) is 0 Å². The molecule has 0 aliphatic rings. The van der Waals surface area contributed by atoms with Crippen molar-refractivity contribution in [2.24, 2.45) is 0 Å². The van der Waals surface area contributed by atoms with Gasteiger partial charge in [-0.2, -0.15) is 5.26 Å². The Morgan fingerprint density at radius 3 is 2.43 bits per heavy atom. The Hall–Kier alpha value is -1.24. The molecule has 1 amide bonds. The van der Waals surface area contributed by atoms with Crippen molar-refractivity contribution in [1.29, 1.82) is 5.26 Å². The first kappa shape index (κ1) is 5.76. The highest BCUT2D eigenvalue weighted by Gasteiger charge is 1.86. The summed E-state index contributed by atoms with van der Waals surface area (Å²) in [6.07, 6.45) is -0.148. The summed E-state index contributed by atoms with van der Waals surface area (Å²) >= 11 is 0. The van der Waals surface area contributed by atoms with Crippen LogP contribution in [0.3, 0.4) is 0 Å². The average molecular weight is 99.1 g/mol. The topological polar surface area (TPSA) is 67.2 Å². The Morgan fingerprint density at radius 1 is 2.00 bits per heavy atom. The molecule has 7 heavy (non-hydrogen) atoms. The molecule has 0 bridgehead atoms. The van der Waals surface area contributed by atoms with Crippen LogP contribution in [0.1, 0.15) is 0 Å². The van der Waals surface area contributed by atoms with Gasteiger partial charge in [-0.3, -0.25) is 4.90 Å². The highest BCUT2D eigenvalue weighted by atomic mass is 16.4. The lowest BCUT2D eigenvalue weighted by atomic mass is 10.9. The van der Waals surface area contributed by atoms with Crippen molar-refractivity contribution in [1.82, 2.24) is 4.90 Å². The van der Waals surface area contributed by atoms with Crippen LogP contribution in [-0.4, -0.2) is 18.0 Å². The van der Waals surface area contributed by atoms with Gasteiger partial charge >= 0.3 is 0 Å². The van der Waals surface area contributed by atoms with Crippen LogP contribution < -0.4 is 5.11 Å². The van der Waals surface area contributed by atoms with Gasteiger partial charge in [0.15, 0.2) is 6.19 Å². The molecule has 0 unspecified atom stereocenters. The van der Waals surface area contributed by atoms with E-state index in [1.54, 1.807) is 0 Å². The summed E-state index contributed by atoms with van der Waals surface area (Å²) in [5.41, 5.74) is 0. The summed E-state index contributed by atoms with van der Waals surface area (Å²) in [5.74, 6) is 0. The molecule has 4 nitrogen and oxygen atoms in total. The fourth-order valence-corrected chi connectivity index (χ4v) is 0.0408. The SMILES string of the molecule is CN(C#N)C(=O)[O-]. The molecule has 4 heteroatoms. The molecule has 0 atom stereocenters. The summed E-state index contributed by atoms with van der Waals surface area (Å²) < 4.78 is 0. The maximum atomic E-state index is 9.52. The normalized spacial score (nSPS) is 6.86. The van der Waals surface area contributed by atoms with E-state index in [0.717, 1.165) is 7.05 Å². The Kier molecular flexibility index (Phi) is 1.67. The van der Waals surface area contributed by atoms with Crippen LogP contribution in [0.2, 0.25) is 0 Å². The highest BCUT2D eigenvalue weighted by Crippen LogP contribution is 1.70. The van der Waals surface area contributed by atoms with Gasteiger partial charge in [-0.1, -0.05) is 0 Å². The third-order valence-electron chi connectivity index (χ3n) is 0.424. The van der Waals surface area contributed by atoms with Crippen molar-refractivity contribution in [3.63, 3.8) is 0 Å². The fraction of sp³-hybridized carbons (Fsp3) is 0.333. The Labute approximate surface area is 40.6 Å². The van der Waals surface area contributed by atoms with E-state index in [0.29, 0.717) is 4.90 Å². The number of hydrogen-bond acceptors (Lipinski definition) is 3. The number of nitriles is 1. The summed E-state index contributed by atoms with van der Waals surface area (Å²) in [5, 5.41) is 17.3. The molecular weight excluding hydrogens is 96.0 g/mol. The molecule has 0 aromatic carbocycles. The standard InChI is InChI=1S/C3H4N2O2/c1-5(2-4)3(6)7/h1H3,(H,6,7)/p-1. The average Bonchev–Trinajstić information content (AvgIpc) is 1.65. The van der Waals surface area contributed by atoms with Crippen LogP contribution in [-0.2, 0) is 0 Å². The molecule has 0 aromatic heterocycles. The van der Waals surface area contributed by atoms with E-state index in [1.807, 2.05) is 0 Å². The minimum absolute atomic E-state index is 0.403. The lowest BCUT2D eigenvalue weighted by Crippen LogP contribution is -2.34. The van der Waals surface area contributed by atoms with Crippen LogP contribution in [0, 0.1) is 11.5 Å². The van der Waals surface area contributed by atoms with Gasteiger partial charge in [0, 0.05) is 7.05 Å². The zero-order valence-corrected chi connectivity index (χ0v) is 3.71. The number of carbonyl (C=O) groups is 1. The van der Waals surface area contributed by atoms with Crippen LogP contribution >= 0.6 is 0 Å². The van der Waals surface area contributed by atoms with Crippen molar-refractivity contribution in [3.05, 3.63) is 0 Å². The van der Waals surface area contributed by atoms with E-state index in [4.69, 9.17) is 5.26 Å². The molecule has 0 aliphatic carbocycles. The first-order valence-electron chi connectivity index (χ1n) is 1.53. The van der Waals surface area contributed by atoms with E-state index < -0.39 is 6.09 Å². The van der Waals surface area contributed by atoms with Gasteiger partial charge in [0.2, 0.25) is 0 Å². The van der Waals surface area contributed by atoms with E-state index in [9.17, 15) is 9.90 Å². The third-order valence-corrected chi connectivity index (χ3v) is 0.424. The predicted molar refractivity (Wildman–Crippen MR) is 18.8 cm³/mol. The predicted octanol–water partition coefficient (Wildman–Crippen LogP) is -1.26. The molecule has 0 aromatic rings. The van der Waals surface area contributed by atoms with Gasteiger partial charge in [-0.25, -0.2) is 0 Å². The second kappa shape index (κ2) is 2.03. The monoisotopic (exact) mass is 99.0 g/mol. The maximum absolute atomic E-state index is 9.52. The lowest BCUT2D eigenvalue weighted by Gasteiger charge is -2.05. The second-order valence-electron chi connectivity index (χ2n) is 0.925. The number of hydrogen-bond donors (Lipinski definition) is 0. The van der Waals surface area contributed by atoms with Crippen molar-refractivity contribution in [3.8, 4) is 6.19 Å². The van der Waals surface area contributed by atoms with Gasteiger partial charge in [0.1, 0.15) is 6.09 Å². The van der Waals surface area contributed by atoms with Gasteiger partial charge in [-0.15, -0.1) is 0 Å². The minimum atomic E-state index is -1.48. The van der Waals surface area contributed by atoms with Crippen LogP contribution in [0.15, 0.2) is 0 Å². The first-order chi connectivity index (χ1) is 3.18. The van der Waals surface area contributed by atoms with Crippen LogP contribution in [0.4, 0.5) is 4.79 Å². The summed E-state index contributed by atoms with van der Waals surface area (Å²) in [7, 11) is 1.11. The minimum Gasteiger partial charge on any atom is -0.529 e. The number of nitrogens with zero attached hydrogens (tertiary/aromatic N) is 2. The number of carbonyl (C=O) groups excluding carboxylic acids is 1. The quantitative estimate of drug-likeness (QED) is 0.281. The van der Waals surface area contributed by atoms with Gasteiger partial charge in [0.25, 0.3) is 0 Å². The molecule has 0 spiro atoms. The summed E-state index contributed by atoms with van der Waals surface area (Å²) in [4.78, 5) is 9.93. The van der Waals surface area contributed by atoms with E-state index in [1.165, 1.54) is 6.19 Å². The molecule has 0 N–H and O–H groups in total. The first-order valence-corrected chi connectivity index (χ1v) is 1.53. The third kappa shape index (κ3) is 1.60. The summed E-state index contributed by atoms with van der Waals surface area (Å²) in [6, 6.07) is 0. The molecule has 0 heterocycles. The Bertz CT molecular complexity index is 115. The van der Waals surface area contributed by atoms with Gasteiger partial charge < -0.3 is 9.90 Å². The molecule has 38 valence electrons.